The number of aryl methyl sites for hydroxylation is 1. The molecular formula is C58H66Cl2N10O9. The van der Waals surface area contributed by atoms with E-state index >= 15 is 4.79 Å². The molecule has 79 heavy (non-hydrogen) atoms. The van der Waals surface area contributed by atoms with Crippen LogP contribution < -0.4 is 24.8 Å². The molecule has 19 nitrogen and oxygen atoms in total. The van der Waals surface area contributed by atoms with Gasteiger partial charge in [-0.05, 0) is 94.3 Å². The zero-order valence-electron chi connectivity index (χ0n) is 45.2. The number of benzene rings is 4. The number of hydrogen-bond donors (Lipinski definition) is 2. The maximum absolute atomic E-state index is 15.1. The molecule has 416 valence electrons. The lowest BCUT2D eigenvalue weighted by Gasteiger charge is -2.38. The van der Waals surface area contributed by atoms with Gasteiger partial charge in [0.1, 0.15) is 53.2 Å². The topological polar surface area (TPSA) is 194 Å². The van der Waals surface area contributed by atoms with Crippen molar-refractivity contribution < 1.29 is 42.9 Å². The number of amidine groups is 1. The predicted molar refractivity (Wildman–Crippen MR) is 301 cm³/mol. The molecule has 9 rings (SSSR count). The van der Waals surface area contributed by atoms with Crippen LogP contribution in [0, 0.1) is 6.92 Å². The molecule has 4 atom stereocenters. The largest absolute Gasteiger partial charge is 0.497 e. The van der Waals surface area contributed by atoms with Gasteiger partial charge in [-0.25, -0.2) is 14.3 Å². The van der Waals surface area contributed by atoms with Crippen LogP contribution in [-0.4, -0.2) is 155 Å². The third kappa shape index (κ3) is 13.5. The second-order valence-corrected chi connectivity index (χ2v) is 20.9. The number of aromatic nitrogens is 3. The van der Waals surface area contributed by atoms with Crippen molar-refractivity contribution in [2.24, 2.45) is 4.99 Å². The first-order valence-corrected chi connectivity index (χ1v) is 27.3. The highest BCUT2D eigenvalue weighted by molar-refractivity contribution is 6.30. The number of halogens is 2. The molecule has 0 saturated carbocycles. The third-order valence-electron chi connectivity index (χ3n) is 13.8. The Kier molecular flexibility index (Phi) is 18.2. The summed E-state index contributed by atoms with van der Waals surface area (Å²) in [5, 5.41) is 11.8. The van der Waals surface area contributed by atoms with Gasteiger partial charge in [0.05, 0.1) is 70.0 Å². The monoisotopic (exact) mass is 1120 g/mol. The van der Waals surface area contributed by atoms with E-state index in [1.54, 1.807) is 73.8 Å². The van der Waals surface area contributed by atoms with Crippen molar-refractivity contribution in [3.63, 3.8) is 0 Å². The Balaban J connectivity index is 0.753. The number of carbonyl (C=O) groups is 4. The summed E-state index contributed by atoms with van der Waals surface area (Å²) in [4.78, 5) is 72.5. The van der Waals surface area contributed by atoms with Gasteiger partial charge >= 0.3 is 6.03 Å². The fraction of sp³-hybridized carbons (Fsp3) is 0.397. The van der Waals surface area contributed by atoms with Crippen LogP contribution in [0.4, 0.5) is 10.6 Å². The normalized spacial score (nSPS) is 18.6. The number of nitrogens with zero attached hydrogens (tertiary/aromatic N) is 8. The number of aliphatic imine (C=N–C) groups is 1. The van der Waals surface area contributed by atoms with E-state index in [4.69, 9.17) is 56.9 Å². The number of urea groups is 1. The Morgan fingerprint density at radius 3 is 2.30 bits per heavy atom. The molecule has 3 aliphatic rings. The number of amides is 5. The van der Waals surface area contributed by atoms with Crippen molar-refractivity contribution in [3.8, 4) is 17.2 Å². The minimum absolute atomic E-state index is 0.104. The molecule has 2 N–H and O–H groups in total. The first-order valence-electron chi connectivity index (χ1n) is 26.5. The highest BCUT2D eigenvalue weighted by Gasteiger charge is 2.46. The Hall–Kier alpha value is -7.45. The summed E-state index contributed by atoms with van der Waals surface area (Å²) in [5.41, 5.74) is 5.04. The lowest BCUT2D eigenvalue weighted by molar-refractivity contribution is -0.135. The molecule has 1 fully saturated rings. The lowest BCUT2D eigenvalue weighted by Crippen LogP contribution is -2.56. The van der Waals surface area contributed by atoms with Gasteiger partial charge in [-0.15, -0.1) is 0 Å². The molecular weight excluding hydrogens is 1050 g/mol. The van der Waals surface area contributed by atoms with E-state index in [1.807, 2.05) is 83.1 Å². The van der Waals surface area contributed by atoms with E-state index in [1.165, 1.54) is 6.20 Å². The van der Waals surface area contributed by atoms with Gasteiger partial charge in [-0.3, -0.25) is 24.3 Å². The van der Waals surface area contributed by atoms with Crippen LogP contribution in [0.2, 0.25) is 10.0 Å². The molecule has 2 bridgehead atoms. The standard InChI is InChI=1S/C58H66Cl2N10O9/c1-36(2)78-49-32-44(75-6)16-17-45(49)56-65-53(40-8-12-42(59)13-9-40)54(41-10-14-43(60)15-11-41)70(56)58(74)68-25-24-66(52(72)35-68)26-28-77-30-29-76-27-20-51(71)61-21-23-67-34-38(4)79-48-18-7-37(3)31-46(48)39(5)63-50-19-22-69-55(64-50)47(33-62-69)57(67)73/h7-19,22,31-33,36,38-39,53-54H,20-21,23-30,34-35H2,1-6H3,(H,61,71)(H,63,64)/t38-,39+,53+,54-/m0/s1. The molecule has 0 unspecified atom stereocenters. The fourth-order valence-electron chi connectivity index (χ4n) is 9.88. The molecule has 4 aromatic carbocycles. The Morgan fingerprint density at radius 1 is 0.848 bits per heavy atom. The molecule has 5 heterocycles. The van der Waals surface area contributed by atoms with Gasteiger partial charge in [0.15, 0.2) is 5.65 Å². The Bertz CT molecular complexity index is 3180. The van der Waals surface area contributed by atoms with Gasteiger partial charge in [0.25, 0.3) is 5.91 Å². The van der Waals surface area contributed by atoms with E-state index < -0.39 is 12.1 Å². The number of rotatable bonds is 18. The van der Waals surface area contributed by atoms with Crippen molar-refractivity contribution in [2.75, 3.05) is 84.7 Å². The number of hydrogen-bond acceptors (Lipinski definition) is 13. The minimum atomic E-state index is -0.627. The average Bonchev–Trinajstić information content (AvgIpc) is 4.29. The Morgan fingerprint density at radius 2 is 1.58 bits per heavy atom. The van der Waals surface area contributed by atoms with E-state index in [0.29, 0.717) is 68.8 Å². The van der Waals surface area contributed by atoms with Gasteiger partial charge in [0, 0.05) is 67.0 Å². The number of fused-ring (bicyclic) bond motifs is 2. The van der Waals surface area contributed by atoms with Crippen molar-refractivity contribution in [2.45, 2.75) is 71.4 Å². The quantitative estimate of drug-likeness (QED) is 0.0780. The average molecular weight is 1120 g/mol. The van der Waals surface area contributed by atoms with Gasteiger partial charge in [-0.2, -0.15) is 5.10 Å². The maximum Gasteiger partial charge on any atom is 0.326 e. The summed E-state index contributed by atoms with van der Waals surface area (Å²) in [7, 11) is 1.58. The summed E-state index contributed by atoms with van der Waals surface area (Å²) in [6.07, 6.45) is 2.80. The van der Waals surface area contributed by atoms with Gasteiger partial charge in [0.2, 0.25) is 11.8 Å². The molecule has 5 amide bonds. The molecule has 2 aromatic heterocycles. The molecule has 6 aromatic rings. The zero-order valence-corrected chi connectivity index (χ0v) is 46.7. The van der Waals surface area contributed by atoms with E-state index in [2.05, 4.69) is 21.8 Å². The second-order valence-electron chi connectivity index (χ2n) is 20.0. The molecule has 0 spiro atoms. The molecule has 3 aliphatic heterocycles. The number of carbonyl (C=O) groups excluding carboxylic acids is 4. The van der Waals surface area contributed by atoms with Crippen LogP contribution in [-0.2, 0) is 19.1 Å². The van der Waals surface area contributed by atoms with Crippen molar-refractivity contribution in [1.29, 1.82) is 0 Å². The predicted octanol–water partition coefficient (Wildman–Crippen LogP) is 8.59. The molecule has 1 saturated heterocycles. The van der Waals surface area contributed by atoms with Gasteiger partial charge < -0.3 is 49.0 Å². The number of nitrogens with one attached hydrogen (secondary N) is 2. The summed E-state index contributed by atoms with van der Waals surface area (Å²) < 4.78 is 31.5. The van der Waals surface area contributed by atoms with Crippen LogP contribution in [0.5, 0.6) is 17.2 Å². The SMILES string of the molecule is COc1ccc(C2=N[C@H](c3ccc(Cl)cc3)[C@H](c3ccc(Cl)cc3)N2C(=O)N2CCN(CCOCCOCCC(=O)NCCN3C[C@H](C)Oc4ccc(C)cc4[C@@H](C)Nc4ccn5ncc(c5n4)C3=O)C(=O)C2)c(OC(C)C)c1. The lowest BCUT2D eigenvalue weighted by atomic mass is 9.93. The van der Waals surface area contributed by atoms with Crippen molar-refractivity contribution in [1.82, 2.24) is 39.5 Å². The van der Waals surface area contributed by atoms with Crippen LogP contribution in [0.15, 0.2) is 108 Å². The Labute approximate surface area is 469 Å². The van der Waals surface area contributed by atoms with Crippen LogP contribution in [0.25, 0.3) is 5.65 Å². The van der Waals surface area contributed by atoms with Crippen molar-refractivity contribution in [3.05, 3.63) is 147 Å². The number of methoxy groups -OCH3 is 1. The number of piperazine rings is 1. The van der Waals surface area contributed by atoms with Crippen LogP contribution >= 0.6 is 23.2 Å². The molecule has 21 heteroatoms. The van der Waals surface area contributed by atoms with E-state index in [-0.39, 0.29) is 108 Å². The summed E-state index contributed by atoms with van der Waals surface area (Å²) >= 11 is 12.7. The number of ether oxygens (including phenoxy) is 5. The van der Waals surface area contributed by atoms with E-state index in [0.717, 1.165) is 22.3 Å². The molecule has 0 radical (unpaired) electrons. The smallest absolute Gasteiger partial charge is 0.326 e. The maximum atomic E-state index is 15.1. The second kappa shape index (κ2) is 25.6. The summed E-state index contributed by atoms with van der Waals surface area (Å²) in [5.74, 6) is 2.03. The first-order chi connectivity index (χ1) is 38.1. The number of anilines is 1. The van der Waals surface area contributed by atoms with Gasteiger partial charge in [-0.1, -0.05) is 65.2 Å². The summed E-state index contributed by atoms with van der Waals surface area (Å²) in [6.45, 7) is 12.1. The minimum Gasteiger partial charge on any atom is -0.497 e. The van der Waals surface area contributed by atoms with Crippen LogP contribution in [0.1, 0.15) is 90.4 Å². The van der Waals surface area contributed by atoms with Crippen molar-refractivity contribution >= 4 is 64.3 Å². The molecule has 0 aliphatic carbocycles. The highest BCUT2D eigenvalue weighted by Crippen LogP contribution is 2.46. The fourth-order valence-corrected chi connectivity index (χ4v) is 10.1. The first kappa shape index (κ1) is 56.3. The van der Waals surface area contributed by atoms with E-state index in [9.17, 15) is 14.4 Å². The zero-order chi connectivity index (χ0) is 55.7. The third-order valence-corrected chi connectivity index (χ3v) is 14.3. The summed E-state index contributed by atoms with van der Waals surface area (Å²) in [6, 6.07) is 26.3. The highest BCUT2D eigenvalue weighted by atomic mass is 35.5. The van der Waals surface area contributed by atoms with Crippen LogP contribution in [0.3, 0.4) is 0 Å².